The van der Waals surface area contributed by atoms with E-state index in [9.17, 15) is 5.11 Å². The van der Waals surface area contributed by atoms with Gasteiger partial charge in [0, 0.05) is 7.11 Å². The lowest BCUT2D eigenvalue weighted by atomic mass is 10.1. The Morgan fingerprint density at radius 1 is 1.38 bits per heavy atom. The van der Waals surface area contributed by atoms with Gasteiger partial charge in [0.2, 0.25) is 0 Å². The Morgan fingerprint density at radius 3 is 2.62 bits per heavy atom. The molecule has 0 heterocycles. The van der Waals surface area contributed by atoms with Crippen LogP contribution in [0.5, 0.6) is 11.5 Å². The Bertz CT molecular complexity index is 288. The molecule has 4 N–H and O–H groups in total. The lowest BCUT2D eigenvalue weighted by Crippen LogP contribution is -2.15. The van der Waals surface area contributed by atoms with Gasteiger partial charge in [0.05, 0.1) is 12.6 Å². The van der Waals surface area contributed by atoms with E-state index in [0.717, 1.165) is 5.56 Å². The second kappa shape index (κ2) is 4.11. The monoisotopic (exact) mass is 183 g/mol. The molecule has 0 bridgehead atoms. The number of hydrogen-bond acceptors (Lipinski definition) is 4. The summed E-state index contributed by atoms with van der Waals surface area (Å²) in [6, 6.07) is 4.20. The summed E-state index contributed by atoms with van der Waals surface area (Å²) in [5.41, 5.74) is 6.44. The zero-order chi connectivity index (χ0) is 9.84. The fraction of sp³-hybridized carbons (Fsp3) is 0.333. The van der Waals surface area contributed by atoms with E-state index >= 15 is 0 Å². The highest BCUT2D eigenvalue weighted by Crippen LogP contribution is 2.26. The van der Waals surface area contributed by atoms with Crippen LogP contribution in [0.4, 0.5) is 0 Å². The lowest BCUT2D eigenvalue weighted by molar-refractivity contribution is 0.181. The summed E-state index contributed by atoms with van der Waals surface area (Å²) in [7, 11) is 1.56. The number of aromatic hydroxyl groups is 2. The molecule has 1 aromatic rings. The van der Waals surface area contributed by atoms with Gasteiger partial charge in [0.15, 0.2) is 11.5 Å². The van der Waals surface area contributed by atoms with Crippen LogP contribution in [0.15, 0.2) is 18.2 Å². The van der Waals surface area contributed by atoms with Crippen molar-refractivity contribution in [3.05, 3.63) is 23.8 Å². The molecule has 13 heavy (non-hydrogen) atoms. The zero-order valence-electron chi connectivity index (χ0n) is 7.40. The van der Waals surface area contributed by atoms with E-state index in [2.05, 4.69) is 0 Å². The third-order valence-corrected chi connectivity index (χ3v) is 1.77. The maximum atomic E-state index is 9.17. The van der Waals surface area contributed by atoms with Gasteiger partial charge in [-0.2, -0.15) is 0 Å². The van der Waals surface area contributed by atoms with Crippen molar-refractivity contribution < 1.29 is 14.9 Å². The maximum Gasteiger partial charge on any atom is 0.157 e. The standard InChI is InChI=1S/C9H13NO3/c1-13-5-7(10)6-2-3-8(11)9(12)4-6/h2-4,7,11-12H,5,10H2,1H3/t7-/m1/s1. The van der Waals surface area contributed by atoms with Crippen LogP contribution >= 0.6 is 0 Å². The molecule has 1 rings (SSSR count). The summed E-state index contributed by atoms with van der Waals surface area (Å²) in [5, 5.41) is 18.2. The Balaban J connectivity index is 2.84. The van der Waals surface area contributed by atoms with Crippen molar-refractivity contribution in [2.24, 2.45) is 5.73 Å². The number of methoxy groups -OCH3 is 1. The number of phenols is 2. The van der Waals surface area contributed by atoms with Gasteiger partial charge in [-0.1, -0.05) is 6.07 Å². The summed E-state index contributed by atoms with van der Waals surface area (Å²) in [6.07, 6.45) is 0. The minimum absolute atomic E-state index is 0.145. The van der Waals surface area contributed by atoms with Gasteiger partial charge in [-0.3, -0.25) is 0 Å². The van der Waals surface area contributed by atoms with Crippen molar-refractivity contribution in [2.75, 3.05) is 13.7 Å². The summed E-state index contributed by atoms with van der Waals surface area (Å²) in [4.78, 5) is 0. The molecule has 0 aliphatic heterocycles. The van der Waals surface area contributed by atoms with E-state index in [-0.39, 0.29) is 17.5 Å². The molecule has 0 aliphatic carbocycles. The van der Waals surface area contributed by atoms with Gasteiger partial charge < -0.3 is 20.7 Å². The number of rotatable bonds is 3. The molecule has 0 radical (unpaired) electrons. The summed E-state index contributed by atoms with van der Waals surface area (Å²) >= 11 is 0. The van der Waals surface area contributed by atoms with E-state index in [4.69, 9.17) is 15.6 Å². The van der Waals surface area contributed by atoms with Crippen LogP contribution in [0.25, 0.3) is 0 Å². The molecule has 0 saturated heterocycles. The predicted octanol–water partition coefficient (Wildman–Crippen LogP) is 0.744. The highest BCUT2D eigenvalue weighted by Gasteiger charge is 2.07. The van der Waals surface area contributed by atoms with Crippen LogP contribution in [0.3, 0.4) is 0 Å². The molecule has 72 valence electrons. The van der Waals surface area contributed by atoms with Crippen molar-refractivity contribution in [2.45, 2.75) is 6.04 Å². The first kappa shape index (κ1) is 9.83. The van der Waals surface area contributed by atoms with Crippen LogP contribution in [0, 0.1) is 0 Å². The third-order valence-electron chi connectivity index (χ3n) is 1.77. The van der Waals surface area contributed by atoms with E-state index in [0.29, 0.717) is 6.61 Å². The van der Waals surface area contributed by atoms with Crippen LogP contribution in [-0.2, 0) is 4.74 Å². The van der Waals surface area contributed by atoms with Gasteiger partial charge in [0.25, 0.3) is 0 Å². The third kappa shape index (κ3) is 2.34. The van der Waals surface area contributed by atoms with Crippen LogP contribution < -0.4 is 5.73 Å². The Morgan fingerprint density at radius 2 is 2.08 bits per heavy atom. The minimum atomic E-state index is -0.281. The molecule has 1 atom stereocenters. The zero-order valence-corrected chi connectivity index (χ0v) is 7.40. The molecule has 0 amide bonds. The maximum absolute atomic E-state index is 9.17. The van der Waals surface area contributed by atoms with Gasteiger partial charge in [0.1, 0.15) is 0 Å². The molecule has 0 fully saturated rings. The summed E-state index contributed by atoms with van der Waals surface area (Å²) in [6.45, 7) is 0.379. The molecule has 0 spiro atoms. The number of ether oxygens (including phenoxy) is 1. The molecule has 4 heteroatoms. The average Bonchev–Trinajstić information content (AvgIpc) is 2.10. The highest BCUT2D eigenvalue weighted by atomic mass is 16.5. The first-order chi connectivity index (χ1) is 6.15. The van der Waals surface area contributed by atoms with Crippen molar-refractivity contribution >= 4 is 0 Å². The number of hydrogen-bond donors (Lipinski definition) is 3. The molecular weight excluding hydrogens is 170 g/mol. The second-order valence-electron chi connectivity index (χ2n) is 2.81. The van der Waals surface area contributed by atoms with E-state index in [1.165, 1.54) is 12.1 Å². The van der Waals surface area contributed by atoms with Crippen LogP contribution in [0.2, 0.25) is 0 Å². The Labute approximate surface area is 76.6 Å². The average molecular weight is 183 g/mol. The fourth-order valence-electron chi connectivity index (χ4n) is 1.05. The number of phenolic OH excluding ortho intramolecular Hbond substituents is 2. The van der Waals surface area contributed by atoms with E-state index in [1.54, 1.807) is 13.2 Å². The molecular formula is C9H13NO3. The number of nitrogens with two attached hydrogens (primary N) is 1. The first-order valence-electron chi connectivity index (χ1n) is 3.91. The second-order valence-corrected chi connectivity index (χ2v) is 2.81. The molecule has 0 saturated carbocycles. The summed E-state index contributed by atoms with van der Waals surface area (Å²) < 4.78 is 4.86. The van der Waals surface area contributed by atoms with Crippen LogP contribution in [0.1, 0.15) is 11.6 Å². The fourth-order valence-corrected chi connectivity index (χ4v) is 1.05. The first-order valence-corrected chi connectivity index (χ1v) is 3.91. The number of benzene rings is 1. The summed E-state index contributed by atoms with van der Waals surface area (Å²) in [5.74, 6) is -0.308. The normalized spacial score (nSPS) is 12.8. The van der Waals surface area contributed by atoms with Crippen molar-refractivity contribution in [1.29, 1.82) is 0 Å². The topological polar surface area (TPSA) is 75.7 Å². The highest BCUT2D eigenvalue weighted by molar-refractivity contribution is 5.41. The SMILES string of the molecule is COC[C@@H](N)c1ccc(O)c(O)c1. The minimum Gasteiger partial charge on any atom is -0.504 e. The quantitative estimate of drug-likeness (QED) is 0.604. The molecule has 1 aromatic carbocycles. The van der Waals surface area contributed by atoms with E-state index < -0.39 is 0 Å². The van der Waals surface area contributed by atoms with Gasteiger partial charge in [-0.25, -0.2) is 0 Å². The molecule has 4 nitrogen and oxygen atoms in total. The predicted molar refractivity (Wildman–Crippen MR) is 48.6 cm³/mol. The largest absolute Gasteiger partial charge is 0.504 e. The van der Waals surface area contributed by atoms with Gasteiger partial charge >= 0.3 is 0 Å². The van der Waals surface area contributed by atoms with Crippen molar-refractivity contribution in [3.8, 4) is 11.5 Å². The smallest absolute Gasteiger partial charge is 0.157 e. The van der Waals surface area contributed by atoms with Crippen molar-refractivity contribution in [3.63, 3.8) is 0 Å². The Kier molecular flexibility index (Phi) is 3.11. The van der Waals surface area contributed by atoms with Crippen molar-refractivity contribution in [1.82, 2.24) is 0 Å². The molecule has 0 unspecified atom stereocenters. The molecule has 0 aromatic heterocycles. The van der Waals surface area contributed by atoms with Gasteiger partial charge in [-0.05, 0) is 17.7 Å². The Hall–Kier alpha value is -1.26. The van der Waals surface area contributed by atoms with E-state index in [1.807, 2.05) is 0 Å². The lowest BCUT2D eigenvalue weighted by Gasteiger charge is -2.11. The molecule has 0 aliphatic rings. The van der Waals surface area contributed by atoms with Gasteiger partial charge in [-0.15, -0.1) is 0 Å². The van der Waals surface area contributed by atoms with Crippen LogP contribution in [-0.4, -0.2) is 23.9 Å².